The molecule has 1 N–H and O–H groups in total. The van der Waals surface area contributed by atoms with E-state index in [1.165, 1.54) is 0 Å². The zero-order valence-corrected chi connectivity index (χ0v) is 19.9. The third kappa shape index (κ3) is 6.55. The first-order valence-corrected chi connectivity index (χ1v) is 11.9. The average molecular weight is 476 g/mol. The molecule has 0 saturated carbocycles. The van der Waals surface area contributed by atoms with Crippen LogP contribution in [0.1, 0.15) is 43.1 Å². The van der Waals surface area contributed by atoms with Crippen molar-refractivity contribution in [1.29, 1.82) is 0 Å². The van der Waals surface area contributed by atoms with Crippen LogP contribution in [0.2, 0.25) is 0 Å². The van der Waals surface area contributed by atoms with Gasteiger partial charge in [0.1, 0.15) is 17.6 Å². The molecule has 2 aromatic heterocycles. The largest absolute Gasteiger partial charge is 0.497 e. The number of fused-ring (bicyclic) bond motifs is 1. The highest BCUT2D eigenvalue weighted by Gasteiger charge is 2.31. The summed E-state index contributed by atoms with van der Waals surface area (Å²) >= 11 is 0. The molecule has 0 radical (unpaired) electrons. The molecule has 6 nitrogen and oxygen atoms in total. The Morgan fingerprint density at radius 3 is 2.89 bits per heavy atom. The monoisotopic (exact) mass is 475 g/mol. The predicted molar refractivity (Wildman–Crippen MR) is 133 cm³/mol. The zero-order chi connectivity index (χ0) is 24.6. The van der Waals surface area contributed by atoms with Gasteiger partial charge in [-0.2, -0.15) is 0 Å². The third-order valence-electron chi connectivity index (χ3n) is 6.71. The van der Waals surface area contributed by atoms with Gasteiger partial charge in [-0.1, -0.05) is 12.0 Å². The molecule has 1 saturated heterocycles. The Hall–Kier alpha value is -3.50. The van der Waals surface area contributed by atoms with Crippen molar-refractivity contribution < 1.29 is 19.0 Å². The predicted octanol–water partition coefficient (Wildman–Crippen LogP) is 4.89. The molecule has 3 heterocycles. The summed E-state index contributed by atoms with van der Waals surface area (Å²) in [5.41, 5.74) is 2.06. The quantitative estimate of drug-likeness (QED) is 0.468. The molecule has 0 aliphatic carbocycles. The number of aromatic nitrogens is 2. The number of rotatable bonds is 8. The van der Waals surface area contributed by atoms with Gasteiger partial charge in [0.05, 0.1) is 19.2 Å². The second kappa shape index (κ2) is 11.8. The standard InChI is InChI=1S/C28H30FN3O3/c1-35-23-8-10-27-25(18-23)24(11-14-31-27)26(29)9-7-20-12-16-32(19-21(20)17-28(33)34)15-4-6-22-5-2-3-13-30-22/h2-3,5,8,10-11,13-14,18,20-21,26H,7,9,12,15-17,19H2,1H3,(H,33,34)/t20-,21+,26+/m1/s1. The van der Waals surface area contributed by atoms with E-state index in [2.05, 4.69) is 26.7 Å². The molecule has 3 atom stereocenters. The number of hydrogen-bond donors (Lipinski definition) is 1. The van der Waals surface area contributed by atoms with Crippen LogP contribution in [0, 0.1) is 23.7 Å². The Morgan fingerprint density at radius 2 is 2.11 bits per heavy atom. The smallest absolute Gasteiger partial charge is 0.303 e. The number of hydrogen-bond acceptors (Lipinski definition) is 5. The number of alkyl halides is 1. The number of ether oxygens (including phenoxy) is 1. The number of aliphatic carboxylic acids is 1. The van der Waals surface area contributed by atoms with Crippen LogP contribution in [0.3, 0.4) is 0 Å². The van der Waals surface area contributed by atoms with Gasteiger partial charge in [-0.15, -0.1) is 0 Å². The van der Waals surface area contributed by atoms with Crippen molar-refractivity contribution >= 4 is 16.9 Å². The number of piperidine rings is 1. The Labute approximate surface area is 205 Å². The van der Waals surface area contributed by atoms with Gasteiger partial charge in [-0.25, -0.2) is 9.37 Å². The molecule has 0 spiro atoms. The lowest BCUT2D eigenvalue weighted by Gasteiger charge is -2.37. The summed E-state index contributed by atoms with van der Waals surface area (Å²) < 4.78 is 20.7. The summed E-state index contributed by atoms with van der Waals surface area (Å²) in [6.07, 6.45) is 4.09. The highest BCUT2D eigenvalue weighted by atomic mass is 19.1. The van der Waals surface area contributed by atoms with Gasteiger partial charge in [-0.05, 0) is 85.5 Å². The minimum Gasteiger partial charge on any atom is -0.497 e. The van der Waals surface area contributed by atoms with Gasteiger partial charge in [0.2, 0.25) is 0 Å². The number of halogens is 1. The number of benzene rings is 1. The van der Waals surface area contributed by atoms with Crippen molar-refractivity contribution in [2.45, 2.75) is 31.9 Å². The molecule has 1 fully saturated rings. The van der Waals surface area contributed by atoms with Crippen LogP contribution in [0.25, 0.3) is 10.9 Å². The Morgan fingerprint density at radius 1 is 1.23 bits per heavy atom. The molecule has 0 unspecified atom stereocenters. The van der Waals surface area contributed by atoms with Crippen molar-refractivity contribution in [2.75, 3.05) is 26.7 Å². The first-order valence-electron chi connectivity index (χ1n) is 11.9. The number of likely N-dealkylation sites (tertiary alicyclic amines) is 1. The number of carbonyl (C=O) groups is 1. The van der Waals surface area contributed by atoms with Crippen LogP contribution in [0.5, 0.6) is 5.75 Å². The number of carboxylic acid groups (broad SMARTS) is 1. The molecule has 182 valence electrons. The fraction of sp³-hybridized carbons (Fsp3) is 0.393. The summed E-state index contributed by atoms with van der Waals surface area (Å²) in [4.78, 5) is 22.3. The number of carboxylic acids is 1. The summed E-state index contributed by atoms with van der Waals surface area (Å²) in [5.74, 6) is 6.19. The van der Waals surface area contributed by atoms with Crippen LogP contribution < -0.4 is 4.74 Å². The van der Waals surface area contributed by atoms with Crippen molar-refractivity contribution in [3.05, 3.63) is 66.1 Å². The maximum absolute atomic E-state index is 15.4. The lowest BCUT2D eigenvalue weighted by atomic mass is 9.79. The van der Waals surface area contributed by atoms with Gasteiger partial charge in [0, 0.05) is 30.7 Å². The van der Waals surface area contributed by atoms with Gasteiger partial charge in [0.25, 0.3) is 0 Å². The molecular weight excluding hydrogens is 445 g/mol. The van der Waals surface area contributed by atoms with Gasteiger partial charge >= 0.3 is 5.97 Å². The van der Waals surface area contributed by atoms with Crippen LogP contribution in [-0.2, 0) is 4.79 Å². The van der Waals surface area contributed by atoms with Crippen molar-refractivity contribution in [3.63, 3.8) is 0 Å². The van der Waals surface area contributed by atoms with Crippen molar-refractivity contribution in [1.82, 2.24) is 14.9 Å². The maximum Gasteiger partial charge on any atom is 0.303 e. The van der Waals surface area contributed by atoms with Crippen LogP contribution in [-0.4, -0.2) is 52.7 Å². The SMILES string of the molecule is COc1ccc2nccc([C@@H](F)CC[C@@H]3CCN(CC#Cc4ccccn4)C[C@@H]3CC(=O)O)c2c1. The highest BCUT2D eigenvalue weighted by molar-refractivity contribution is 5.83. The van der Waals surface area contributed by atoms with E-state index in [0.717, 1.165) is 29.6 Å². The van der Waals surface area contributed by atoms with Crippen molar-refractivity contribution in [2.24, 2.45) is 11.8 Å². The molecule has 1 aliphatic rings. The fourth-order valence-corrected chi connectivity index (χ4v) is 4.88. The van der Waals surface area contributed by atoms with E-state index in [1.807, 2.05) is 36.4 Å². The first-order chi connectivity index (χ1) is 17.0. The topological polar surface area (TPSA) is 75.5 Å². The molecule has 4 rings (SSSR count). The Bertz CT molecular complexity index is 1210. The molecule has 1 aliphatic heterocycles. The summed E-state index contributed by atoms with van der Waals surface area (Å²) in [6.45, 7) is 2.04. The fourth-order valence-electron chi connectivity index (χ4n) is 4.88. The maximum atomic E-state index is 15.4. The van der Waals surface area contributed by atoms with Gasteiger partial charge in [-0.3, -0.25) is 14.7 Å². The molecular formula is C28H30FN3O3. The van der Waals surface area contributed by atoms with Crippen LogP contribution in [0.15, 0.2) is 54.9 Å². The second-order valence-corrected chi connectivity index (χ2v) is 8.99. The van der Waals surface area contributed by atoms with E-state index in [9.17, 15) is 9.90 Å². The molecule has 35 heavy (non-hydrogen) atoms. The molecule has 1 aromatic carbocycles. The third-order valence-corrected chi connectivity index (χ3v) is 6.71. The zero-order valence-electron chi connectivity index (χ0n) is 19.9. The number of methoxy groups -OCH3 is 1. The lowest BCUT2D eigenvalue weighted by molar-refractivity contribution is -0.139. The summed E-state index contributed by atoms with van der Waals surface area (Å²) in [5, 5.41) is 10.2. The molecule has 7 heteroatoms. The first kappa shape index (κ1) is 24.6. The normalized spacial score (nSPS) is 19.0. The van der Waals surface area contributed by atoms with E-state index in [-0.39, 0.29) is 18.3 Å². The van der Waals surface area contributed by atoms with E-state index in [1.54, 1.807) is 25.6 Å². The summed E-state index contributed by atoms with van der Waals surface area (Å²) in [7, 11) is 1.59. The number of pyridine rings is 2. The molecule has 3 aromatic rings. The highest BCUT2D eigenvalue weighted by Crippen LogP contribution is 2.36. The Kier molecular flexibility index (Phi) is 8.27. The van der Waals surface area contributed by atoms with Crippen molar-refractivity contribution in [3.8, 4) is 17.6 Å². The molecule has 0 bridgehead atoms. The second-order valence-electron chi connectivity index (χ2n) is 8.99. The Balaban J connectivity index is 1.39. The average Bonchev–Trinajstić information content (AvgIpc) is 2.87. The van der Waals surface area contributed by atoms with Gasteiger partial charge in [0.15, 0.2) is 0 Å². The van der Waals surface area contributed by atoms with E-state index < -0.39 is 12.1 Å². The minimum atomic E-state index is -1.15. The van der Waals surface area contributed by atoms with E-state index in [0.29, 0.717) is 37.2 Å². The lowest BCUT2D eigenvalue weighted by Crippen LogP contribution is -2.41. The van der Waals surface area contributed by atoms with E-state index in [4.69, 9.17) is 4.74 Å². The summed E-state index contributed by atoms with van der Waals surface area (Å²) in [6, 6.07) is 12.8. The number of nitrogens with zero attached hydrogens (tertiary/aromatic N) is 3. The van der Waals surface area contributed by atoms with Crippen LogP contribution in [0.4, 0.5) is 4.39 Å². The molecule has 0 amide bonds. The van der Waals surface area contributed by atoms with Gasteiger partial charge < -0.3 is 9.84 Å². The minimum absolute atomic E-state index is 0.0284. The van der Waals surface area contributed by atoms with Crippen LogP contribution >= 0.6 is 0 Å². The van der Waals surface area contributed by atoms with E-state index >= 15 is 4.39 Å².